The Hall–Kier alpha value is -6.31. The van der Waals surface area contributed by atoms with E-state index in [-0.39, 0.29) is 10.8 Å². The van der Waals surface area contributed by atoms with Crippen LogP contribution in [-0.4, -0.2) is 5.71 Å². The average Bonchev–Trinajstić information content (AvgIpc) is 3.89. The third kappa shape index (κ3) is 6.11. The predicted molar refractivity (Wildman–Crippen MR) is 287 cm³/mol. The van der Waals surface area contributed by atoms with Gasteiger partial charge < -0.3 is 0 Å². The number of aliphatic imine (C=N–C) groups is 1. The van der Waals surface area contributed by atoms with E-state index in [9.17, 15) is 0 Å². The van der Waals surface area contributed by atoms with E-state index in [1.807, 2.05) is 0 Å². The Morgan fingerprint density at radius 2 is 1.41 bits per heavy atom. The standard InChI is InChI=1S/C68H63N/c1-44-56(49-36-32-47(33-37-49)45-18-4-2-5-19-45)43-65(69-66(44)50-38-34-48(35-39-50)46-20-6-3-7-21-46)51-40-41-55-54-24-10-13-27-59(54)68(64(55)42-51)62-30-16-14-28-60(62)67(61-29-15-17-31-63(61)68)57-25-11-8-22-52(57)53-23-9-12-26-58(53)67/h2-4,6-12,14-16,18,20-26,28-30,32-34,36,38,42-44,49,52,56-57,61,63H,5,13,17,19,27,31,35,37,39-41H2,1H3. The Labute approximate surface area is 410 Å². The highest BCUT2D eigenvalue weighted by atomic mass is 14.8. The summed E-state index contributed by atoms with van der Waals surface area (Å²) in [4.78, 5) is 5.91. The second-order valence-electron chi connectivity index (χ2n) is 21.9. The van der Waals surface area contributed by atoms with Crippen LogP contribution in [0.5, 0.6) is 0 Å². The molecule has 1 heteroatoms. The van der Waals surface area contributed by atoms with Crippen molar-refractivity contribution in [1.29, 1.82) is 0 Å². The van der Waals surface area contributed by atoms with E-state index in [0.717, 1.165) is 64.2 Å². The van der Waals surface area contributed by atoms with E-state index >= 15 is 0 Å². The number of benzene rings is 3. The van der Waals surface area contributed by atoms with Crippen molar-refractivity contribution in [3.05, 3.63) is 266 Å². The van der Waals surface area contributed by atoms with Gasteiger partial charge in [0.2, 0.25) is 0 Å². The van der Waals surface area contributed by atoms with Crippen LogP contribution in [0.15, 0.2) is 244 Å². The molecule has 0 bridgehead atoms. The first-order valence-corrected chi connectivity index (χ1v) is 26.7. The van der Waals surface area contributed by atoms with Gasteiger partial charge in [-0.2, -0.15) is 0 Å². The van der Waals surface area contributed by atoms with Gasteiger partial charge in [-0.25, -0.2) is 0 Å². The molecule has 1 heterocycles. The summed E-state index contributed by atoms with van der Waals surface area (Å²) in [5.74, 6) is 2.69. The van der Waals surface area contributed by atoms with Gasteiger partial charge in [-0.05, 0) is 172 Å². The average molecular weight is 894 g/mol. The zero-order chi connectivity index (χ0) is 45.7. The fourth-order valence-electron chi connectivity index (χ4n) is 16.1. The van der Waals surface area contributed by atoms with Crippen LogP contribution in [0.3, 0.4) is 0 Å². The minimum atomic E-state index is -0.186. The molecule has 2 spiro atoms. The highest BCUT2D eigenvalue weighted by Crippen LogP contribution is 2.73. The van der Waals surface area contributed by atoms with Gasteiger partial charge in [0.1, 0.15) is 0 Å². The molecule has 0 radical (unpaired) electrons. The molecule has 0 N–H and O–H groups in total. The molecule has 0 amide bonds. The summed E-state index contributed by atoms with van der Waals surface area (Å²) in [6.45, 7) is 2.48. The van der Waals surface area contributed by atoms with Gasteiger partial charge in [0.25, 0.3) is 0 Å². The van der Waals surface area contributed by atoms with E-state index in [0.29, 0.717) is 41.4 Å². The molecule has 9 unspecified atom stereocenters. The van der Waals surface area contributed by atoms with E-state index in [1.54, 1.807) is 39.0 Å². The molecule has 0 saturated carbocycles. The molecule has 3 aromatic carbocycles. The van der Waals surface area contributed by atoms with Gasteiger partial charge in [-0.15, -0.1) is 0 Å². The Bertz CT molecular complexity index is 3180. The second kappa shape index (κ2) is 16.4. The second-order valence-corrected chi connectivity index (χ2v) is 21.9. The molecule has 1 aliphatic heterocycles. The highest BCUT2D eigenvalue weighted by molar-refractivity contribution is 6.04. The Morgan fingerprint density at radius 1 is 0.609 bits per heavy atom. The largest absolute Gasteiger partial charge is 0.253 e. The van der Waals surface area contributed by atoms with Crippen molar-refractivity contribution >= 4 is 11.3 Å². The van der Waals surface area contributed by atoms with Crippen molar-refractivity contribution in [2.24, 2.45) is 40.5 Å². The minimum absolute atomic E-state index is 0.134. The number of hydrogen-bond donors (Lipinski definition) is 0. The van der Waals surface area contributed by atoms with Crippen LogP contribution in [-0.2, 0) is 10.8 Å². The maximum atomic E-state index is 5.91. The van der Waals surface area contributed by atoms with Crippen LogP contribution in [0.1, 0.15) is 111 Å². The molecule has 0 fully saturated rings. The fourth-order valence-corrected chi connectivity index (χ4v) is 16.1. The summed E-state index contributed by atoms with van der Waals surface area (Å²) in [5, 5.41) is 0. The molecule has 0 aromatic heterocycles. The van der Waals surface area contributed by atoms with Crippen molar-refractivity contribution in [3.8, 4) is 0 Å². The summed E-state index contributed by atoms with van der Waals surface area (Å²) < 4.78 is 0. The Kier molecular flexibility index (Phi) is 9.90. The molecule has 9 atom stereocenters. The molecular weight excluding hydrogens is 831 g/mol. The number of hydrogen-bond acceptors (Lipinski definition) is 1. The summed E-state index contributed by atoms with van der Waals surface area (Å²) in [7, 11) is 0. The van der Waals surface area contributed by atoms with Gasteiger partial charge in [-0.1, -0.05) is 195 Å². The fraction of sp³-hybridized carbons (Fsp3) is 0.309. The van der Waals surface area contributed by atoms with Crippen molar-refractivity contribution in [3.63, 3.8) is 0 Å². The predicted octanol–water partition coefficient (Wildman–Crippen LogP) is 16.5. The minimum Gasteiger partial charge on any atom is -0.253 e. The van der Waals surface area contributed by atoms with Crippen LogP contribution >= 0.6 is 0 Å². The summed E-state index contributed by atoms with van der Waals surface area (Å²) in [5.41, 5.74) is 23.5. The first kappa shape index (κ1) is 41.6. The molecule has 1 nitrogen and oxygen atoms in total. The van der Waals surface area contributed by atoms with E-state index in [2.05, 4.69) is 195 Å². The summed E-state index contributed by atoms with van der Waals surface area (Å²) in [6.07, 6.45) is 56.9. The van der Waals surface area contributed by atoms with Gasteiger partial charge in [-0.3, -0.25) is 4.99 Å². The monoisotopic (exact) mass is 893 g/mol. The topological polar surface area (TPSA) is 12.4 Å². The molecular formula is C68H63N. The van der Waals surface area contributed by atoms with Gasteiger partial charge in [0.05, 0.1) is 5.70 Å². The molecule has 3 aromatic rings. The highest BCUT2D eigenvalue weighted by Gasteiger charge is 2.67. The van der Waals surface area contributed by atoms with Crippen molar-refractivity contribution in [1.82, 2.24) is 0 Å². The third-order valence-electron chi connectivity index (χ3n) is 19.0. The number of rotatable bonds is 5. The van der Waals surface area contributed by atoms with Crippen LogP contribution < -0.4 is 0 Å². The van der Waals surface area contributed by atoms with Crippen molar-refractivity contribution in [2.75, 3.05) is 0 Å². The van der Waals surface area contributed by atoms with Crippen molar-refractivity contribution in [2.45, 2.75) is 94.3 Å². The Balaban J connectivity index is 0.931. The molecule has 14 rings (SSSR count). The van der Waals surface area contributed by atoms with Crippen LogP contribution in [0.2, 0.25) is 0 Å². The first-order chi connectivity index (χ1) is 34.1. The van der Waals surface area contributed by atoms with E-state index < -0.39 is 0 Å². The number of fused-ring (bicyclic) bond motifs is 14. The number of nitrogens with zero attached hydrogens (tertiary/aromatic N) is 1. The molecule has 340 valence electrons. The lowest BCUT2D eigenvalue weighted by atomic mass is 9.42. The maximum Gasteiger partial charge on any atom is 0.0628 e. The van der Waals surface area contributed by atoms with E-state index in [4.69, 9.17) is 4.99 Å². The quantitative estimate of drug-likeness (QED) is 0.226. The summed E-state index contributed by atoms with van der Waals surface area (Å²) >= 11 is 0. The third-order valence-corrected chi connectivity index (χ3v) is 19.0. The number of allylic oxidation sites excluding steroid dienone is 27. The van der Waals surface area contributed by atoms with Crippen molar-refractivity contribution < 1.29 is 0 Å². The lowest BCUT2D eigenvalue weighted by Crippen LogP contribution is -2.57. The zero-order valence-electron chi connectivity index (χ0n) is 40.2. The smallest absolute Gasteiger partial charge is 0.0628 e. The summed E-state index contributed by atoms with van der Waals surface area (Å²) in [6, 6.07) is 30.5. The van der Waals surface area contributed by atoms with Crippen LogP contribution in [0.25, 0.3) is 5.57 Å². The molecule has 0 saturated heterocycles. The zero-order valence-corrected chi connectivity index (χ0v) is 40.2. The van der Waals surface area contributed by atoms with E-state index in [1.165, 1.54) is 56.8 Å². The molecule has 69 heavy (non-hydrogen) atoms. The lowest BCUT2D eigenvalue weighted by molar-refractivity contribution is 0.134. The lowest BCUT2D eigenvalue weighted by Gasteiger charge is -2.60. The first-order valence-electron chi connectivity index (χ1n) is 26.7. The molecule has 10 aliphatic carbocycles. The maximum absolute atomic E-state index is 5.91. The normalized spacial score (nSPS) is 33.3. The molecule has 11 aliphatic rings. The SMILES string of the molecule is CC1C(C2=CC=C(c3ccccc3)CC2)=NC(C2=CC3=C(CC2)C2=C(CCC=C2)C32c3ccccc3C3(c4ccccc4C4C=CC=CC43)C3C=CCCC32)=CC1C1C=CC(C2=CC=CCC2)=CC1. The van der Waals surface area contributed by atoms with Gasteiger partial charge in [0, 0.05) is 34.3 Å². The van der Waals surface area contributed by atoms with Gasteiger partial charge in [0.15, 0.2) is 0 Å². The Morgan fingerprint density at radius 3 is 2.25 bits per heavy atom. The van der Waals surface area contributed by atoms with Gasteiger partial charge >= 0.3 is 0 Å². The van der Waals surface area contributed by atoms with Crippen LogP contribution in [0.4, 0.5) is 0 Å². The van der Waals surface area contributed by atoms with Crippen LogP contribution in [0, 0.1) is 35.5 Å².